The van der Waals surface area contributed by atoms with Crippen LogP contribution >= 0.6 is 11.8 Å². The van der Waals surface area contributed by atoms with Crippen LogP contribution in [-0.4, -0.2) is 29.3 Å². The Hall–Kier alpha value is -2.44. The SMILES string of the molecule is Cc1ccccc1N1C(=O)C(SCCO)=C(c2ccc(F)cc2)C1=O. The Morgan fingerprint density at radius 1 is 1.04 bits per heavy atom. The number of imide groups is 1. The lowest BCUT2D eigenvalue weighted by Crippen LogP contribution is -2.31. The number of halogens is 1. The molecule has 0 bridgehead atoms. The molecule has 0 saturated carbocycles. The number of para-hydroxylation sites is 1. The average molecular weight is 357 g/mol. The number of anilines is 1. The summed E-state index contributed by atoms with van der Waals surface area (Å²) in [6, 6.07) is 12.6. The first-order valence-electron chi connectivity index (χ1n) is 7.73. The zero-order valence-electron chi connectivity index (χ0n) is 13.5. The molecule has 0 atom stereocenters. The van der Waals surface area contributed by atoms with Gasteiger partial charge in [-0.05, 0) is 36.2 Å². The van der Waals surface area contributed by atoms with E-state index in [1.807, 2.05) is 19.1 Å². The zero-order valence-corrected chi connectivity index (χ0v) is 14.3. The molecule has 0 aliphatic carbocycles. The summed E-state index contributed by atoms with van der Waals surface area (Å²) < 4.78 is 13.2. The Bertz CT molecular complexity index is 861. The van der Waals surface area contributed by atoms with Gasteiger partial charge in [0.1, 0.15) is 5.82 Å². The lowest BCUT2D eigenvalue weighted by Gasteiger charge is -2.17. The van der Waals surface area contributed by atoms with Crippen LogP contribution in [0.5, 0.6) is 0 Å². The van der Waals surface area contributed by atoms with Crippen LogP contribution in [0.1, 0.15) is 11.1 Å². The van der Waals surface area contributed by atoms with Gasteiger partial charge in [0.2, 0.25) is 0 Å². The number of aliphatic hydroxyl groups is 1. The predicted molar refractivity (Wildman–Crippen MR) is 96.5 cm³/mol. The summed E-state index contributed by atoms with van der Waals surface area (Å²) in [6.07, 6.45) is 0. The molecule has 0 spiro atoms. The normalized spacial score (nSPS) is 14.6. The minimum atomic E-state index is -0.439. The quantitative estimate of drug-likeness (QED) is 0.836. The fourth-order valence-electron chi connectivity index (χ4n) is 2.70. The van der Waals surface area contributed by atoms with E-state index in [2.05, 4.69) is 0 Å². The van der Waals surface area contributed by atoms with Crippen LogP contribution in [0.3, 0.4) is 0 Å². The molecule has 3 rings (SSSR count). The van der Waals surface area contributed by atoms with Gasteiger partial charge < -0.3 is 5.11 Å². The third-order valence-corrected chi connectivity index (χ3v) is 4.92. The van der Waals surface area contributed by atoms with Crippen molar-refractivity contribution in [2.75, 3.05) is 17.3 Å². The molecule has 0 fully saturated rings. The third kappa shape index (κ3) is 3.23. The van der Waals surface area contributed by atoms with E-state index in [0.29, 0.717) is 17.0 Å². The third-order valence-electron chi connectivity index (χ3n) is 3.87. The van der Waals surface area contributed by atoms with Crippen LogP contribution < -0.4 is 4.90 Å². The molecule has 2 aromatic carbocycles. The molecule has 0 saturated heterocycles. The number of carbonyl (C=O) groups excluding carboxylic acids is 2. The Morgan fingerprint density at radius 2 is 1.72 bits per heavy atom. The highest BCUT2D eigenvalue weighted by molar-refractivity contribution is 8.04. The minimum Gasteiger partial charge on any atom is -0.396 e. The minimum absolute atomic E-state index is 0.114. The lowest BCUT2D eigenvalue weighted by molar-refractivity contribution is -0.119. The molecule has 0 aromatic heterocycles. The van der Waals surface area contributed by atoms with E-state index in [9.17, 15) is 14.0 Å². The van der Waals surface area contributed by atoms with E-state index in [0.717, 1.165) is 22.2 Å². The predicted octanol–water partition coefficient (Wildman–Crippen LogP) is 3.14. The fraction of sp³-hybridized carbons (Fsp3) is 0.158. The molecule has 4 nitrogen and oxygen atoms in total. The summed E-state index contributed by atoms with van der Waals surface area (Å²) >= 11 is 1.13. The van der Waals surface area contributed by atoms with Crippen LogP contribution in [0.2, 0.25) is 0 Å². The number of aryl methyl sites for hydroxylation is 1. The lowest BCUT2D eigenvalue weighted by atomic mass is 10.1. The molecule has 1 heterocycles. The number of nitrogens with zero attached hydrogens (tertiary/aromatic N) is 1. The van der Waals surface area contributed by atoms with Gasteiger partial charge in [0.05, 0.1) is 22.8 Å². The number of amides is 2. The van der Waals surface area contributed by atoms with Gasteiger partial charge in [-0.1, -0.05) is 30.3 Å². The Balaban J connectivity index is 2.09. The van der Waals surface area contributed by atoms with Crippen LogP contribution in [-0.2, 0) is 9.59 Å². The Kier molecular flexibility index (Phi) is 5.01. The molecule has 0 unspecified atom stereocenters. The fourth-order valence-corrected chi connectivity index (χ4v) is 3.56. The van der Waals surface area contributed by atoms with Crippen LogP contribution in [0.15, 0.2) is 53.4 Å². The van der Waals surface area contributed by atoms with E-state index in [-0.39, 0.29) is 17.1 Å². The Morgan fingerprint density at radius 3 is 2.36 bits per heavy atom. The molecule has 2 aromatic rings. The highest BCUT2D eigenvalue weighted by atomic mass is 32.2. The van der Waals surface area contributed by atoms with Crippen LogP contribution in [0.25, 0.3) is 5.57 Å². The van der Waals surface area contributed by atoms with Crippen LogP contribution in [0.4, 0.5) is 10.1 Å². The number of hydrogen-bond donors (Lipinski definition) is 1. The summed E-state index contributed by atoms with van der Waals surface area (Å²) in [5, 5.41) is 9.10. The monoisotopic (exact) mass is 357 g/mol. The average Bonchev–Trinajstić information content (AvgIpc) is 2.85. The molecule has 1 aliphatic rings. The van der Waals surface area contributed by atoms with Crippen molar-refractivity contribution in [2.45, 2.75) is 6.92 Å². The van der Waals surface area contributed by atoms with Gasteiger partial charge in [0, 0.05) is 5.75 Å². The van der Waals surface area contributed by atoms with E-state index >= 15 is 0 Å². The molecule has 6 heteroatoms. The molecular formula is C19H16FNO3S. The van der Waals surface area contributed by atoms with Gasteiger partial charge in [-0.3, -0.25) is 9.59 Å². The maximum absolute atomic E-state index is 13.2. The van der Waals surface area contributed by atoms with Gasteiger partial charge >= 0.3 is 0 Å². The van der Waals surface area contributed by atoms with Gasteiger partial charge in [0.15, 0.2) is 0 Å². The number of hydrogen-bond acceptors (Lipinski definition) is 4. The summed E-state index contributed by atoms with van der Waals surface area (Å²) in [7, 11) is 0. The van der Waals surface area contributed by atoms with Crippen molar-refractivity contribution in [3.05, 3.63) is 70.4 Å². The van der Waals surface area contributed by atoms with E-state index in [4.69, 9.17) is 5.11 Å². The second-order valence-corrected chi connectivity index (χ2v) is 6.62. The van der Waals surface area contributed by atoms with Crippen molar-refractivity contribution in [3.8, 4) is 0 Å². The number of benzene rings is 2. The van der Waals surface area contributed by atoms with E-state index in [1.54, 1.807) is 12.1 Å². The second-order valence-electron chi connectivity index (χ2n) is 5.52. The van der Waals surface area contributed by atoms with E-state index in [1.165, 1.54) is 24.3 Å². The van der Waals surface area contributed by atoms with Crippen molar-refractivity contribution < 1.29 is 19.1 Å². The Labute approximate surface area is 149 Å². The number of thioether (sulfide) groups is 1. The first-order valence-corrected chi connectivity index (χ1v) is 8.71. The largest absolute Gasteiger partial charge is 0.396 e. The van der Waals surface area contributed by atoms with Crippen LogP contribution in [0, 0.1) is 12.7 Å². The molecule has 1 N–H and O–H groups in total. The highest BCUT2D eigenvalue weighted by Gasteiger charge is 2.40. The van der Waals surface area contributed by atoms with Crippen molar-refractivity contribution in [3.63, 3.8) is 0 Å². The molecule has 128 valence electrons. The van der Waals surface area contributed by atoms with Crippen molar-refractivity contribution in [1.82, 2.24) is 0 Å². The molecular weight excluding hydrogens is 341 g/mol. The molecule has 2 amide bonds. The van der Waals surface area contributed by atoms with E-state index < -0.39 is 17.6 Å². The molecule has 1 aliphatic heterocycles. The van der Waals surface area contributed by atoms with Gasteiger partial charge in [-0.25, -0.2) is 9.29 Å². The van der Waals surface area contributed by atoms with Crippen molar-refractivity contribution in [1.29, 1.82) is 0 Å². The van der Waals surface area contributed by atoms with Gasteiger partial charge in [-0.15, -0.1) is 11.8 Å². The summed E-state index contributed by atoms with van der Waals surface area (Å²) in [4.78, 5) is 27.3. The summed E-state index contributed by atoms with van der Waals surface area (Å²) in [5.41, 5.74) is 2.05. The van der Waals surface area contributed by atoms with Crippen molar-refractivity contribution in [2.24, 2.45) is 0 Å². The van der Waals surface area contributed by atoms with Gasteiger partial charge in [-0.2, -0.15) is 0 Å². The smallest absolute Gasteiger partial charge is 0.272 e. The number of carbonyl (C=O) groups is 2. The second kappa shape index (κ2) is 7.21. The maximum Gasteiger partial charge on any atom is 0.272 e. The number of aliphatic hydroxyl groups excluding tert-OH is 1. The number of rotatable bonds is 5. The zero-order chi connectivity index (χ0) is 18.0. The standard InChI is InChI=1S/C19H16FNO3S/c1-12-4-2-3-5-15(12)21-18(23)16(13-6-8-14(20)9-7-13)17(19(21)24)25-11-10-22/h2-9,22H,10-11H2,1H3. The highest BCUT2D eigenvalue weighted by Crippen LogP contribution is 2.39. The summed E-state index contributed by atoms with van der Waals surface area (Å²) in [5.74, 6) is -0.981. The summed E-state index contributed by atoms with van der Waals surface area (Å²) in [6.45, 7) is 1.71. The molecule has 0 radical (unpaired) electrons. The maximum atomic E-state index is 13.2. The topological polar surface area (TPSA) is 57.6 Å². The van der Waals surface area contributed by atoms with Crippen molar-refractivity contribution >= 4 is 34.8 Å². The first-order chi connectivity index (χ1) is 12.0. The first kappa shape index (κ1) is 17.4. The van der Waals surface area contributed by atoms with Gasteiger partial charge in [0.25, 0.3) is 11.8 Å². The molecule has 25 heavy (non-hydrogen) atoms.